The standard InChI is InChI=1S/C24H28N4O2/c1-17-9-10-19-13-20(23(29)27-22(19)12-17)16-28(15-18-6-5-11-25-14-18)24(30)26-21-7-3-2-4-8-21/h5-6,9-14,21H,2-4,7-8,15-16H2,1H3,(H,26,30)(H,27,29). The molecule has 1 aliphatic rings. The Bertz CT molecular complexity index is 1070. The molecule has 0 radical (unpaired) electrons. The predicted molar refractivity (Wildman–Crippen MR) is 118 cm³/mol. The molecule has 1 fully saturated rings. The molecule has 2 heterocycles. The normalized spacial score (nSPS) is 14.6. The van der Waals surface area contributed by atoms with Gasteiger partial charge in [0.05, 0.1) is 6.54 Å². The number of carbonyl (C=O) groups is 1. The van der Waals surface area contributed by atoms with E-state index in [0.717, 1.165) is 47.7 Å². The number of nitrogens with zero attached hydrogens (tertiary/aromatic N) is 2. The first-order valence-corrected chi connectivity index (χ1v) is 10.7. The van der Waals surface area contributed by atoms with Gasteiger partial charge in [0, 0.05) is 36.1 Å². The first kappa shape index (κ1) is 20.1. The first-order valence-electron chi connectivity index (χ1n) is 10.7. The third-order valence-corrected chi connectivity index (χ3v) is 5.76. The molecule has 6 heteroatoms. The Labute approximate surface area is 176 Å². The van der Waals surface area contributed by atoms with Crippen LogP contribution in [0.4, 0.5) is 4.79 Å². The first-order chi connectivity index (χ1) is 14.6. The quantitative estimate of drug-likeness (QED) is 0.666. The predicted octanol–water partition coefficient (Wildman–Crippen LogP) is 4.28. The molecular weight excluding hydrogens is 376 g/mol. The molecule has 2 aromatic heterocycles. The Kier molecular flexibility index (Phi) is 6.12. The number of amides is 2. The molecule has 0 bridgehead atoms. The number of H-pyrrole nitrogens is 1. The van der Waals surface area contributed by atoms with E-state index >= 15 is 0 Å². The maximum absolute atomic E-state index is 13.1. The van der Waals surface area contributed by atoms with Crippen LogP contribution in [-0.2, 0) is 13.1 Å². The Hall–Kier alpha value is -3.15. The van der Waals surface area contributed by atoms with E-state index in [1.54, 1.807) is 17.3 Å². The van der Waals surface area contributed by atoms with Gasteiger partial charge in [-0.2, -0.15) is 0 Å². The van der Waals surface area contributed by atoms with Gasteiger partial charge in [0.25, 0.3) is 5.56 Å². The van der Waals surface area contributed by atoms with Crippen molar-refractivity contribution in [2.75, 3.05) is 0 Å². The number of rotatable bonds is 5. The van der Waals surface area contributed by atoms with Crippen molar-refractivity contribution in [3.63, 3.8) is 0 Å². The number of pyridine rings is 2. The van der Waals surface area contributed by atoms with Crippen molar-refractivity contribution in [1.82, 2.24) is 20.2 Å². The summed E-state index contributed by atoms with van der Waals surface area (Å²) in [6, 6.07) is 11.8. The lowest BCUT2D eigenvalue weighted by atomic mass is 9.96. The van der Waals surface area contributed by atoms with Gasteiger partial charge in [0.15, 0.2) is 0 Å². The molecular formula is C24H28N4O2. The summed E-state index contributed by atoms with van der Waals surface area (Å²) in [5, 5.41) is 4.14. The number of urea groups is 1. The monoisotopic (exact) mass is 404 g/mol. The van der Waals surface area contributed by atoms with Gasteiger partial charge in [-0.25, -0.2) is 4.79 Å². The van der Waals surface area contributed by atoms with Gasteiger partial charge in [-0.3, -0.25) is 9.78 Å². The Morgan fingerprint density at radius 3 is 2.77 bits per heavy atom. The topological polar surface area (TPSA) is 78.1 Å². The van der Waals surface area contributed by atoms with Gasteiger partial charge in [0.1, 0.15) is 0 Å². The number of hydrogen-bond donors (Lipinski definition) is 2. The highest BCUT2D eigenvalue weighted by Crippen LogP contribution is 2.19. The molecule has 0 spiro atoms. The molecule has 6 nitrogen and oxygen atoms in total. The SMILES string of the molecule is Cc1ccc2cc(CN(Cc3cccnc3)C(=O)NC3CCCCC3)c(=O)[nH]c2c1. The van der Waals surface area contributed by atoms with E-state index in [-0.39, 0.29) is 24.2 Å². The van der Waals surface area contributed by atoms with E-state index in [2.05, 4.69) is 15.3 Å². The molecule has 156 valence electrons. The third-order valence-electron chi connectivity index (χ3n) is 5.76. The van der Waals surface area contributed by atoms with Gasteiger partial charge in [-0.1, -0.05) is 37.5 Å². The lowest BCUT2D eigenvalue weighted by molar-refractivity contribution is 0.184. The van der Waals surface area contributed by atoms with E-state index in [4.69, 9.17) is 0 Å². The second kappa shape index (κ2) is 9.11. The number of carbonyl (C=O) groups excluding carboxylic acids is 1. The minimum atomic E-state index is -0.158. The third kappa shape index (κ3) is 4.87. The number of fused-ring (bicyclic) bond motifs is 1. The zero-order valence-electron chi connectivity index (χ0n) is 17.4. The average Bonchev–Trinajstić information content (AvgIpc) is 2.75. The van der Waals surface area contributed by atoms with Crippen molar-refractivity contribution in [3.8, 4) is 0 Å². The van der Waals surface area contributed by atoms with Crippen molar-refractivity contribution in [1.29, 1.82) is 0 Å². The number of aromatic amines is 1. The van der Waals surface area contributed by atoms with Crippen LogP contribution in [0.5, 0.6) is 0 Å². The molecule has 30 heavy (non-hydrogen) atoms. The number of aryl methyl sites for hydroxylation is 1. The maximum atomic E-state index is 13.1. The summed E-state index contributed by atoms with van der Waals surface area (Å²) in [6.45, 7) is 2.64. The van der Waals surface area contributed by atoms with Crippen LogP contribution in [0.25, 0.3) is 10.9 Å². The molecule has 0 saturated heterocycles. The molecule has 2 amide bonds. The molecule has 1 aromatic carbocycles. The van der Waals surface area contributed by atoms with Crippen molar-refractivity contribution in [2.45, 2.75) is 58.2 Å². The summed E-state index contributed by atoms with van der Waals surface area (Å²) < 4.78 is 0. The highest BCUT2D eigenvalue weighted by Gasteiger charge is 2.21. The number of aromatic nitrogens is 2. The van der Waals surface area contributed by atoms with Crippen molar-refractivity contribution < 1.29 is 4.79 Å². The maximum Gasteiger partial charge on any atom is 0.318 e. The van der Waals surface area contributed by atoms with Crippen LogP contribution in [0, 0.1) is 6.92 Å². The lowest BCUT2D eigenvalue weighted by Gasteiger charge is -2.28. The van der Waals surface area contributed by atoms with Gasteiger partial charge in [-0.05, 0) is 54.5 Å². The van der Waals surface area contributed by atoms with Crippen LogP contribution in [0.2, 0.25) is 0 Å². The summed E-state index contributed by atoms with van der Waals surface area (Å²) in [5.41, 5.74) is 3.26. The van der Waals surface area contributed by atoms with Crippen molar-refractivity contribution in [3.05, 3.63) is 75.8 Å². The summed E-state index contributed by atoms with van der Waals surface area (Å²) in [4.78, 5) is 34.7. The second-order valence-electron chi connectivity index (χ2n) is 8.22. The van der Waals surface area contributed by atoms with Crippen LogP contribution in [0.3, 0.4) is 0 Å². The van der Waals surface area contributed by atoms with Crippen LogP contribution < -0.4 is 10.9 Å². The molecule has 0 aliphatic heterocycles. The number of benzene rings is 1. The lowest BCUT2D eigenvalue weighted by Crippen LogP contribution is -2.45. The molecule has 2 N–H and O–H groups in total. The molecule has 0 unspecified atom stereocenters. The Balaban J connectivity index is 1.59. The summed E-state index contributed by atoms with van der Waals surface area (Å²) in [7, 11) is 0. The summed E-state index contributed by atoms with van der Waals surface area (Å²) >= 11 is 0. The fraction of sp³-hybridized carbons (Fsp3) is 0.375. The van der Waals surface area contributed by atoms with Crippen LogP contribution in [0.15, 0.2) is 53.6 Å². The average molecular weight is 405 g/mol. The van der Waals surface area contributed by atoms with E-state index in [0.29, 0.717) is 12.1 Å². The highest BCUT2D eigenvalue weighted by atomic mass is 16.2. The van der Waals surface area contributed by atoms with E-state index in [1.807, 2.05) is 43.3 Å². The van der Waals surface area contributed by atoms with E-state index < -0.39 is 0 Å². The van der Waals surface area contributed by atoms with Gasteiger partial charge in [-0.15, -0.1) is 0 Å². The number of nitrogens with one attached hydrogen (secondary N) is 2. The minimum absolute atomic E-state index is 0.130. The molecule has 3 aromatic rings. The van der Waals surface area contributed by atoms with E-state index in [9.17, 15) is 9.59 Å². The van der Waals surface area contributed by atoms with Crippen LogP contribution in [-0.4, -0.2) is 26.9 Å². The second-order valence-corrected chi connectivity index (χ2v) is 8.22. The van der Waals surface area contributed by atoms with Gasteiger partial charge < -0.3 is 15.2 Å². The zero-order valence-corrected chi connectivity index (χ0v) is 17.4. The molecule has 4 rings (SSSR count). The highest BCUT2D eigenvalue weighted by molar-refractivity contribution is 5.80. The van der Waals surface area contributed by atoms with Gasteiger partial charge in [0.2, 0.25) is 0 Å². The van der Waals surface area contributed by atoms with Crippen molar-refractivity contribution >= 4 is 16.9 Å². The fourth-order valence-electron chi connectivity index (χ4n) is 4.11. The molecule has 1 saturated carbocycles. The minimum Gasteiger partial charge on any atom is -0.335 e. The smallest absolute Gasteiger partial charge is 0.318 e. The largest absolute Gasteiger partial charge is 0.335 e. The van der Waals surface area contributed by atoms with Crippen LogP contribution >= 0.6 is 0 Å². The Morgan fingerprint density at radius 2 is 2.00 bits per heavy atom. The van der Waals surface area contributed by atoms with Crippen LogP contribution in [0.1, 0.15) is 48.8 Å². The van der Waals surface area contributed by atoms with Crippen molar-refractivity contribution in [2.24, 2.45) is 0 Å². The molecule has 0 atom stereocenters. The molecule has 1 aliphatic carbocycles. The Morgan fingerprint density at radius 1 is 1.17 bits per heavy atom. The fourth-order valence-corrected chi connectivity index (χ4v) is 4.11. The summed E-state index contributed by atoms with van der Waals surface area (Å²) in [5.74, 6) is 0. The zero-order chi connectivity index (χ0) is 20.9. The summed E-state index contributed by atoms with van der Waals surface area (Å²) in [6.07, 6.45) is 9.04. The van der Waals surface area contributed by atoms with E-state index in [1.165, 1.54) is 6.42 Å². The van der Waals surface area contributed by atoms with Gasteiger partial charge >= 0.3 is 6.03 Å². The number of hydrogen-bond acceptors (Lipinski definition) is 3.